The zero-order valence-electron chi connectivity index (χ0n) is 4.64. The molecule has 0 unspecified atom stereocenters. The van der Waals surface area contributed by atoms with E-state index < -0.39 is 4.33 Å². The van der Waals surface area contributed by atoms with Crippen molar-refractivity contribution in [2.45, 2.75) is 10.8 Å². The van der Waals surface area contributed by atoms with Crippen molar-refractivity contribution in [3.63, 3.8) is 0 Å². The van der Waals surface area contributed by atoms with Crippen LogP contribution in [-0.2, 0) is 9.53 Å². The Morgan fingerprint density at radius 1 is 1.78 bits per heavy atom. The summed E-state index contributed by atoms with van der Waals surface area (Å²) in [5.41, 5.74) is 0. The Balaban J connectivity index is 2.12. The molecular formula is C5H6Cl2O2. The van der Waals surface area contributed by atoms with E-state index >= 15 is 0 Å². The van der Waals surface area contributed by atoms with Gasteiger partial charge in [0, 0.05) is 5.92 Å². The SMILES string of the molecule is O=COC[C@@H]1CC1(Cl)Cl. The predicted molar refractivity (Wildman–Crippen MR) is 34.6 cm³/mol. The van der Waals surface area contributed by atoms with Crippen LogP contribution in [0.3, 0.4) is 0 Å². The van der Waals surface area contributed by atoms with Gasteiger partial charge in [0.2, 0.25) is 0 Å². The molecule has 0 saturated heterocycles. The first-order valence-corrected chi connectivity index (χ1v) is 3.35. The highest BCUT2D eigenvalue weighted by atomic mass is 35.5. The van der Waals surface area contributed by atoms with Crippen LogP contribution in [0.2, 0.25) is 0 Å². The second kappa shape index (κ2) is 2.35. The minimum atomic E-state index is -0.622. The summed E-state index contributed by atoms with van der Waals surface area (Å²) in [5.74, 6) is 0.144. The Labute approximate surface area is 63.1 Å². The zero-order valence-corrected chi connectivity index (χ0v) is 6.15. The molecule has 0 aromatic rings. The van der Waals surface area contributed by atoms with Gasteiger partial charge in [-0.2, -0.15) is 0 Å². The van der Waals surface area contributed by atoms with Gasteiger partial charge in [-0.15, -0.1) is 23.2 Å². The Kier molecular flexibility index (Phi) is 1.87. The predicted octanol–water partition coefficient (Wildman–Crippen LogP) is 1.35. The van der Waals surface area contributed by atoms with E-state index in [1.54, 1.807) is 0 Å². The number of alkyl halides is 2. The van der Waals surface area contributed by atoms with Crippen LogP contribution in [-0.4, -0.2) is 17.4 Å². The molecule has 0 amide bonds. The second-order valence-corrected chi connectivity index (χ2v) is 3.63. The van der Waals surface area contributed by atoms with Gasteiger partial charge >= 0.3 is 0 Å². The highest BCUT2D eigenvalue weighted by Gasteiger charge is 2.51. The van der Waals surface area contributed by atoms with Crippen molar-refractivity contribution >= 4 is 29.7 Å². The van der Waals surface area contributed by atoms with Crippen molar-refractivity contribution in [3.8, 4) is 0 Å². The van der Waals surface area contributed by atoms with Crippen LogP contribution in [0, 0.1) is 5.92 Å². The van der Waals surface area contributed by atoms with Crippen LogP contribution < -0.4 is 0 Å². The molecule has 1 saturated carbocycles. The molecule has 0 aliphatic heterocycles. The number of carbonyl (C=O) groups is 1. The average Bonchev–Trinajstić information content (AvgIpc) is 2.35. The van der Waals surface area contributed by atoms with Gasteiger partial charge in [-0.05, 0) is 6.42 Å². The first-order chi connectivity index (χ1) is 4.17. The molecule has 0 N–H and O–H groups in total. The Hall–Kier alpha value is 0.0500. The maximum atomic E-state index is 9.64. The van der Waals surface area contributed by atoms with Crippen LogP contribution in [0.25, 0.3) is 0 Å². The zero-order chi connectivity index (χ0) is 6.91. The average molecular weight is 169 g/mol. The van der Waals surface area contributed by atoms with Gasteiger partial charge in [0.15, 0.2) is 0 Å². The van der Waals surface area contributed by atoms with E-state index in [0.29, 0.717) is 13.1 Å². The lowest BCUT2D eigenvalue weighted by atomic mass is 10.5. The number of hydrogen-bond acceptors (Lipinski definition) is 2. The summed E-state index contributed by atoms with van der Waals surface area (Å²) in [6.45, 7) is 0.749. The molecular weight excluding hydrogens is 163 g/mol. The van der Waals surface area contributed by atoms with Crippen molar-refractivity contribution in [3.05, 3.63) is 0 Å². The van der Waals surface area contributed by atoms with Crippen LogP contribution in [0.1, 0.15) is 6.42 Å². The molecule has 1 fully saturated rings. The smallest absolute Gasteiger partial charge is 0.293 e. The molecule has 0 radical (unpaired) electrons. The van der Waals surface area contributed by atoms with E-state index in [1.807, 2.05) is 0 Å². The highest BCUT2D eigenvalue weighted by molar-refractivity contribution is 6.50. The molecule has 9 heavy (non-hydrogen) atoms. The third-order valence-electron chi connectivity index (χ3n) is 1.32. The summed E-state index contributed by atoms with van der Waals surface area (Å²) < 4.78 is 3.82. The van der Waals surface area contributed by atoms with Crippen molar-refractivity contribution < 1.29 is 9.53 Å². The topological polar surface area (TPSA) is 26.3 Å². The van der Waals surface area contributed by atoms with Gasteiger partial charge in [-0.3, -0.25) is 4.79 Å². The summed E-state index contributed by atoms with van der Waals surface area (Å²) in [7, 11) is 0. The van der Waals surface area contributed by atoms with Crippen molar-refractivity contribution in [2.24, 2.45) is 5.92 Å². The molecule has 0 bridgehead atoms. The fourth-order valence-corrected chi connectivity index (χ4v) is 1.10. The molecule has 1 aliphatic rings. The Bertz CT molecular complexity index is 124. The summed E-state index contributed by atoms with van der Waals surface area (Å²) in [5, 5.41) is 0. The van der Waals surface area contributed by atoms with Gasteiger partial charge in [-0.1, -0.05) is 0 Å². The number of rotatable bonds is 3. The van der Waals surface area contributed by atoms with Crippen LogP contribution in [0.15, 0.2) is 0 Å². The minimum Gasteiger partial charge on any atom is -0.467 e. The summed E-state index contributed by atoms with van der Waals surface area (Å²) in [4.78, 5) is 9.64. The van der Waals surface area contributed by atoms with Crippen molar-refractivity contribution in [1.29, 1.82) is 0 Å². The third kappa shape index (κ3) is 1.73. The number of hydrogen-bond donors (Lipinski definition) is 0. The number of carbonyl (C=O) groups excluding carboxylic acids is 1. The standard InChI is InChI=1S/C5H6Cl2O2/c6-5(7)1-4(5)2-9-3-8/h3-4H,1-2H2/t4-/m0/s1. The van der Waals surface area contributed by atoms with Gasteiger partial charge in [0.25, 0.3) is 6.47 Å². The largest absolute Gasteiger partial charge is 0.467 e. The molecule has 0 spiro atoms. The van der Waals surface area contributed by atoms with E-state index in [4.69, 9.17) is 23.2 Å². The summed E-state index contributed by atoms with van der Waals surface area (Å²) in [6.07, 6.45) is 0.726. The molecule has 0 aromatic carbocycles. The first kappa shape index (κ1) is 7.16. The lowest BCUT2D eigenvalue weighted by molar-refractivity contribution is -0.129. The lowest BCUT2D eigenvalue weighted by Crippen LogP contribution is -1.99. The fourth-order valence-electron chi connectivity index (χ4n) is 0.606. The molecule has 1 rings (SSSR count). The maximum Gasteiger partial charge on any atom is 0.293 e. The third-order valence-corrected chi connectivity index (χ3v) is 2.25. The molecule has 0 heterocycles. The molecule has 52 valence electrons. The molecule has 0 aromatic heterocycles. The summed E-state index contributed by atoms with van der Waals surface area (Å²) in [6, 6.07) is 0. The van der Waals surface area contributed by atoms with Gasteiger partial charge < -0.3 is 4.74 Å². The van der Waals surface area contributed by atoms with Crippen LogP contribution in [0.5, 0.6) is 0 Å². The van der Waals surface area contributed by atoms with Gasteiger partial charge in [0.05, 0.1) is 6.61 Å². The van der Waals surface area contributed by atoms with Gasteiger partial charge in [0.1, 0.15) is 4.33 Å². The van der Waals surface area contributed by atoms with Crippen molar-refractivity contribution in [1.82, 2.24) is 0 Å². The molecule has 4 heteroatoms. The number of halogens is 2. The second-order valence-electron chi connectivity index (χ2n) is 2.09. The molecule has 1 aliphatic carbocycles. The van der Waals surface area contributed by atoms with E-state index in [9.17, 15) is 4.79 Å². The van der Waals surface area contributed by atoms with E-state index in [0.717, 1.165) is 6.42 Å². The monoisotopic (exact) mass is 168 g/mol. The van der Waals surface area contributed by atoms with E-state index in [1.165, 1.54) is 0 Å². The quantitative estimate of drug-likeness (QED) is 0.470. The number of ether oxygens (including phenoxy) is 1. The van der Waals surface area contributed by atoms with Crippen LogP contribution >= 0.6 is 23.2 Å². The fraction of sp³-hybridized carbons (Fsp3) is 0.800. The molecule has 2 nitrogen and oxygen atoms in total. The maximum absolute atomic E-state index is 9.64. The van der Waals surface area contributed by atoms with Gasteiger partial charge in [-0.25, -0.2) is 0 Å². The lowest BCUT2D eigenvalue weighted by Gasteiger charge is -1.95. The highest BCUT2D eigenvalue weighted by Crippen LogP contribution is 2.52. The minimum absolute atomic E-state index is 0.144. The Morgan fingerprint density at radius 3 is 2.67 bits per heavy atom. The normalized spacial score (nSPS) is 29.3. The molecule has 1 atom stereocenters. The van der Waals surface area contributed by atoms with E-state index in [-0.39, 0.29) is 5.92 Å². The van der Waals surface area contributed by atoms with Crippen LogP contribution in [0.4, 0.5) is 0 Å². The summed E-state index contributed by atoms with van der Waals surface area (Å²) >= 11 is 11.2. The Morgan fingerprint density at radius 2 is 2.33 bits per heavy atom. The van der Waals surface area contributed by atoms with Crippen molar-refractivity contribution in [2.75, 3.05) is 6.61 Å². The first-order valence-electron chi connectivity index (χ1n) is 2.60. The van der Waals surface area contributed by atoms with E-state index in [2.05, 4.69) is 4.74 Å².